The standard InChI is InChI=1S/C18H12F5N3O/c1-26(18(27)12-8-24-25-16(12)17(22)23)15-7-10(19)3-4-11(15)9-2-5-13(20)14(21)6-9/h2-8,17H,1H3,(H,24,25). The number of alkyl halides is 2. The van der Waals surface area contributed by atoms with Crippen molar-refractivity contribution in [2.24, 2.45) is 0 Å². The summed E-state index contributed by atoms with van der Waals surface area (Å²) >= 11 is 0. The van der Waals surface area contributed by atoms with Gasteiger partial charge in [0.05, 0.1) is 17.4 Å². The Morgan fingerprint density at radius 2 is 1.81 bits per heavy atom. The zero-order valence-corrected chi connectivity index (χ0v) is 13.8. The van der Waals surface area contributed by atoms with Crippen LogP contribution in [0.4, 0.5) is 27.6 Å². The number of aromatic amines is 1. The van der Waals surface area contributed by atoms with Crippen molar-refractivity contribution in [2.45, 2.75) is 6.43 Å². The molecule has 0 aliphatic carbocycles. The normalized spacial score (nSPS) is 11.1. The second-order valence-electron chi connectivity index (χ2n) is 5.65. The maximum Gasteiger partial charge on any atom is 0.280 e. The van der Waals surface area contributed by atoms with Gasteiger partial charge in [0.25, 0.3) is 12.3 Å². The van der Waals surface area contributed by atoms with E-state index in [0.29, 0.717) is 0 Å². The minimum absolute atomic E-state index is 0.00701. The lowest BCUT2D eigenvalue weighted by atomic mass is 10.0. The third-order valence-electron chi connectivity index (χ3n) is 3.97. The van der Waals surface area contributed by atoms with Gasteiger partial charge in [-0.3, -0.25) is 9.89 Å². The number of hydrogen-bond donors (Lipinski definition) is 1. The Balaban J connectivity index is 2.07. The lowest BCUT2D eigenvalue weighted by Crippen LogP contribution is -2.27. The number of aromatic nitrogens is 2. The number of nitrogens with one attached hydrogen (secondary N) is 1. The number of halogens is 5. The maximum absolute atomic E-state index is 13.8. The van der Waals surface area contributed by atoms with E-state index in [9.17, 15) is 26.7 Å². The molecule has 0 aliphatic heterocycles. The van der Waals surface area contributed by atoms with Crippen LogP contribution < -0.4 is 4.90 Å². The summed E-state index contributed by atoms with van der Waals surface area (Å²) in [6.07, 6.45) is -2.02. The number of nitrogens with zero attached hydrogens (tertiary/aromatic N) is 2. The predicted octanol–water partition coefficient (Wildman–Crippen LogP) is 4.71. The molecule has 1 N–H and O–H groups in total. The molecule has 9 heteroatoms. The minimum atomic E-state index is -2.96. The van der Waals surface area contributed by atoms with Crippen molar-refractivity contribution < 1.29 is 26.7 Å². The third-order valence-corrected chi connectivity index (χ3v) is 3.97. The Hall–Kier alpha value is -3.23. The van der Waals surface area contributed by atoms with E-state index in [1.807, 2.05) is 0 Å². The number of anilines is 1. The van der Waals surface area contributed by atoms with Crippen molar-refractivity contribution in [1.29, 1.82) is 0 Å². The van der Waals surface area contributed by atoms with Gasteiger partial charge in [-0.1, -0.05) is 6.07 Å². The Labute approximate surface area is 150 Å². The van der Waals surface area contributed by atoms with Crippen LogP contribution in [0.15, 0.2) is 42.6 Å². The van der Waals surface area contributed by atoms with Crippen LogP contribution in [-0.2, 0) is 0 Å². The molecule has 0 atom stereocenters. The Kier molecular flexibility index (Phi) is 4.93. The highest BCUT2D eigenvalue weighted by Gasteiger charge is 2.25. The second kappa shape index (κ2) is 7.18. The highest BCUT2D eigenvalue weighted by Crippen LogP contribution is 2.33. The van der Waals surface area contributed by atoms with Crippen LogP contribution in [0, 0.1) is 17.5 Å². The van der Waals surface area contributed by atoms with Crippen LogP contribution in [0.3, 0.4) is 0 Å². The molecule has 1 aromatic heterocycles. The quantitative estimate of drug-likeness (QED) is 0.666. The summed E-state index contributed by atoms with van der Waals surface area (Å²) in [5.74, 6) is -3.75. The van der Waals surface area contributed by atoms with Gasteiger partial charge in [-0.15, -0.1) is 0 Å². The molecule has 0 saturated heterocycles. The van der Waals surface area contributed by atoms with Gasteiger partial charge in [0.2, 0.25) is 0 Å². The Bertz CT molecular complexity index is 1000. The van der Waals surface area contributed by atoms with Crippen LogP contribution in [0.5, 0.6) is 0 Å². The maximum atomic E-state index is 13.8. The van der Waals surface area contributed by atoms with E-state index in [1.54, 1.807) is 0 Å². The molecule has 0 bridgehead atoms. The summed E-state index contributed by atoms with van der Waals surface area (Å²) in [6, 6.07) is 6.41. The first-order valence-electron chi connectivity index (χ1n) is 7.64. The summed E-state index contributed by atoms with van der Waals surface area (Å²) in [5.41, 5.74) is -0.656. The zero-order valence-electron chi connectivity index (χ0n) is 13.8. The molecule has 140 valence electrons. The van der Waals surface area contributed by atoms with Gasteiger partial charge < -0.3 is 4.90 Å². The monoisotopic (exact) mass is 381 g/mol. The first-order chi connectivity index (χ1) is 12.8. The number of carbonyl (C=O) groups is 1. The molecule has 1 amide bonds. The van der Waals surface area contributed by atoms with E-state index in [0.717, 1.165) is 35.4 Å². The fourth-order valence-electron chi connectivity index (χ4n) is 2.61. The summed E-state index contributed by atoms with van der Waals surface area (Å²) in [5, 5.41) is 5.49. The lowest BCUT2D eigenvalue weighted by molar-refractivity contribution is 0.0978. The van der Waals surface area contributed by atoms with Crippen molar-refractivity contribution in [3.8, 4) is 11.1 Å². The molecule has 27 heavy (non-hydrogen) atoms. The lowest BCUT2D eigenvalue weighted by Gasteiger charge is -2.21. The van der Waals surface area contributed by atoms with Crippen LogP contribution >= 0.6 is 0 Å². The topological polar surface area (TPSA) is 49.0 Å². The molecule has 0 fully saturated rings. The highest BCUT2D eigenvalue weighted by atomic mass is 19.3. The molecule has 3 rings (SSSR count). The van der Waals surface area contributed by atoms with Gasteiger partial charge in [0, 0.05) is 12.6 Å². The smallest absolute Gasteiger partial charge is 0.280 e. The van der Waals surface area contributed by atoms with Crippen LogP contribution in [-0.4, -0.2) is 23.2 Å². The number of H-pyrrole nitrogens is 1. The number of amides is 1. The van der Waals surface area contributed by atoms with Crippen LogP contribution in [0.25, 0.3) is 11.1 Å². The largest absolute Gasteiger partial charge is 0.311 e. The third kappa shape index (κ3) is 3.53. The number of hydrogen-bond acceptors (Lipinski definition) is 2. The summed E-state index contributed by atoms with van der Waals surface area (Å²) < 4.78 is 66.5. The van der Waals surface area contributed by atoms with E-state index in [2.05, 4.69) is 10.2 Å². The van der Waals surface area contributed by atoms with E-state index >= 15 is 0 Å². The summed E-state index contributed by atoms with van der Waals surface area (Å²) in [6.45, 7) is 0. The minimum Gasteiger partial charge on any atom is -0.311 e. The molecule has 0 aliphatic rings. The summed E-state index contributed by atoms with van der Waals surface area (Å²) in [4.78, 5) is 13.6. The van der Waals surface area contributed by atoms with Crippen LogP contribution in [0.1, 0.15) is 22.5 Å². The van der Waals surface area contributed by atoms with Gasteiger partial charge in [0.1, 0.15) is 11.5 Å². The fourth-order valence-corrected chi connectivity index (χ4v) is 2.61. The van der Waals surface area contributed by atoms with Crippen molar-refractivity contribution in [2.75, 3.05) is 11.9 Å². The molecule has 4 nitrogen and oxygen atoms in total. The average Bonchev–Trinajstić information content (AvgIpc) is 3.13. The molecule has 0 unspecified atom stereocenters. The van der Waals surface area contributed by atoms with Crippen LogP contribution in [0.2, 0.25) is 0 Å². The first kappa shape index (κ1) is 18.6. The SMILES string of the molecule is CN(C(=O)c1cn[nH]c1C(F)F)c1cc(F)ccc1-c1ccc(F)c(F)c1. The number of carbonyl (C=O) groups excluding carboxylic acids is 1. The van der Waals surface area contributed by atoms with Gasteiger partial charge in [-0.2, -0.15) is 5.10 Å². The molecule has 0 radical (unpaired) electrons. The molecule has 3 aromatic rings. The van der Waals surface area contributed by atoms with Gasteiger partial charge in [-0.05, 0) is 35.9 Å². The van der Waals surface area contributed by atoms with Crippen molar-refractivity contribution in [1.82, 2.24) is 10.2 Å². The first-order valence-corrected chi connectivity index (χ1v) is 7.64. The van der Waals surface area contributed by atoms with Gasteiger partial charge >= 0.3 is 0 Å². The molecule has 1 heterocycles. The van der Waals surface area contributed by atoms with Crippen molar-refractivity contribution in [3.05, 3.63) is 71.3 Å². The van der Waals surface area contributed by atoms with Gasteiger partial charge in [-0.25, -0.2) is 22.0 Å². The van der Waals surface area contributed by atoms with Gasteiger partial charge in [0.15, 0.2) is 11.6 Å². The van der Waals surface area contributed by atoms with E-state index < -0.39 is 35.5 Å². The highest BCUT2D eigenvalue weighted by molar-refractivity contribution is 6.08. The number of benzene rings is 2. The van der Waals surface area contributed by atoms with Crippen molar-refractivity contribution in [3.63, 3.8) is 0 Å². The van der Waals surface area contributed by atoms with E-state index in [1.165, 1.54) is 19.2 Å². The zero-order chi connectivity index (χ0) is 19.7. The molecule has 0 saturated carbocycles. The molecular formula is C18H12F5N3O. The fraction of sp³-hybridized carbons (Fsp3) is 0.111. The average molecular weight is 381 g/mol. The van der Waals surface area contributed by atoms with E-state index in [4.69, 9.17) is 0 Å². The second-order valence-corrected chi connectivity index (χ2v) is 5.65. The summed E-state index contributed by atoms with van der Waals surface area (Å²) in [7, 11) is 1.25. The number of rotatable bonds is 4. The Morgan fingerprint density at radius 3 is 2.48 bits per heavy atom. The Morgan fingerprint density at radius 1 is 1.07 bits per heavy atom. The van der Waals surface area contributed by atoms with E-state index in [-0.39, 0.29) is 22.4 Å². The molecule has 0 spiro atoms. The molecule has 2 aromatic carbocycles. The predicted molar refractivity (Wildman–Crippen MR) is 88.0 cm³/mol. The van der Waals surface area contributed by atoms with Crippen molar-refractivity contribution >= 4 is 11.6 Å². The molecular weight excluding hydrogens is 369 g/mol.